The summed E-state index contributed by atoms with van der Waals surface area (Å²) < 4.78 is 5.81. The van der Waals surface area contributed by atoms with Gasteiger partial charge in [-0.2, -0.15) is 0 Å². The van der Waals surface area contributed by atoms with E-state index < -0.39 is 0 Å². The third kappa shape index (κ3) is 3.59. The number of aryl methyl sites for hydroxylation is 1. The molecule has 102 valence electrons. The van der Waals surface area contributed by atoms with Gasteiger partial charge in [-0.05, 0) is 24.1 Å². The SMILES string of the molecule is Cc1ccc(C2OCCNCC2CO)cc1Cl.Cl. The first kappa shape index (κ1) is 15.7. The van der Waals surface area contributed by atoms with Crippen molar-refractivity contribution in [3.63, 3.8) is 0 Å². The van der Waals surface area contributed by atoms with Gasteiger partial charge in [-0.1, -0.05) is 23.7 Å². The highest BCUT2D eigenvalue weighted by molar-refractivity contribution is 6.31. The smallest absolute Gasteiger partial charge is 0.0888 e. The molecule has 0 bridgehead atoms. The Bertz CT molecular complexity index is 387. The largest absolute Gasteiger partial charge is 0.396 e. The van der Waals surface area contributed by atoms with Gasteiger partial charge in [0.2, 0.25) is 0 Å². The zero-order chi connectivity index (χ0) is 12.3. The molecule has 18 heavy (non-hydrogen) atoms. The summed E-state index contributed by atoms with van der Waals surface area (Å²) in [5.41, 5.74) is 2.10. The van der Waals surface area contributed by atoms with Crippen LogP contribution in [0.1, 0.15) is 17.2 Å². The average molecular weight is 292 g/mol. The summed E-state index contributed by atoms with van der Waals surface area (Å²) in [6, 6.07) is 5.96. The Kier molecular flexibility index (Phi) is 6.39. The molecule has 1 fully saturated rings. The van der Waals surface area contributed by atoms with Gasteiger partial charge in [0.25, 0.3) is 0 Å². The van der Waals surface area contributed by atoms with Crippen LogP contribution in [0.3, 0.4) is 0 Å². The van der Waals surface area contributed by atoms with Crippen LogP contribution < -0.4 is 5.32 Å². The van der Waals surface area contributed by atoms with Crippen LogP contribution in [0.2, 0.25) is 5.02 Å². The fraction of sp³-hybridized carbons (Fsp3) is 0.538. The molecule has 1 aliphatic heterocycles. The van der Waals surface area contributed by atoms with E-state index in [-0.39, 0.29) is 31.0 Å². The highest BCUT2D eigenvalue weighted by Gasteiger charge is 2.25. The normalized spacial score (nSPS) is 24.2. The summed E-state index contributed by atoms with van der Waals surface area (Å²) in [6.45, 7) is 4.35. The molecule has 0 amide bonds. The number of rotatable bonds is 2. The second-order valence-electron chi connectivity index (χ2n) is 4.45. The highest BCUT2D eigenvalue weighted by atomic mass is 35.5. The third-order valence-electron chi connectivity index (χ3n) is 3.17. The summed E-state index contributed by atoms with van der Waals surface area (Å²) in [4.78, 5) is 0. The number of hydrogen-bond donors (Lipinski definition) is 2. The number of ether oxygens (including phenoxy) is 1. The van der Waals surface area contributed by atoms with Crippen molar-refractivity contribution in [2.45, 2.75) is 13.0 Å². The lowest BCUT2D eigenvalue weighted by molar-refractivity contribution is 0.0115. The van der Waals surface area contributed by atoms with E-state index in [0.717, 1.165) is 29.2 Å². The van der Waals surface area contributed by atoms with Crippen LogP contribution in [-0.2, 0) is 4.74 Å². The Hall–Kier alpha value is -0.320. The Morgan fingerprint density at radius 1 is 1.50 bits per heavy atom. The molecule has 0 aromatic heterocycles. The molecule has 2 atom stereocenters. The van der Waals surface area contributed by atoms with Crippen molar-refractivity contribution in [3.8, 4) is 0 Å². The van der Waals surface area contributed by atoms with Crippen LogP contribution in [0.4, 0.5) is 0 Å². The summed E-state index contributed by atoms with van der Waals surface area (Å²) in [6.07, 6.45) is -0.0758. The first-order valence-corrected chi connectivity index (χ1v) is 6.29. The maximum absolute atomic E-state index is 9.42. The summed E-state index contributed by atoms with van der Waals surface area (Å²) in [5, 5.41) is 13.4. The Labute approximate surface area is 119 Å². The summed E-state index contributed by atoms with van der Waals surface area (Å²) in [7, 11) is 0. The minimum atomic E-state index is -0.0758. The maximum Gasteiger partial charge on any atom is 0.0888 e. The molecule has 2 N–H and O–H groups in total. The van der Waals surface area contributed by atoms with Crippen LogP contribution in [-0.4, -0.2) is 31.4 Å². The standard InChI is InChI=1S/C13H18ClNO2.ClH/c1-9-2-3-10(6-12(9)14)13-11(8-16)7-15-4-5-17-13;/h2-3,6,11,13,15-16H,4-5,7-8H2,1H3;1H. The first-order valence-electron chi connectivity index (χ1n) is 5.91. The Morgan fingerprint density at radius 2 is 2.28 bits per heavy atom. The third-order valence-corrected chi connectivity index (χ3v) is 3.58. The molecule has 1 aliphatic rings. The van der Waals surface area contributed by atoms with E-state index in [1.165, 1.54) is 0 Å². The molecule has 2 rings (SSSR count). The molecule has 1 aromatic rings. The van der Waals surface area contributed by atoms with E-state index >= 15 is 0 Å². The molecule has 3 nitrogen and oxygen atoms in total. The Morgan fingerprint density at radius 3 is 2.94 bits per heavy atom. The van der Waals surface area contributed by atoms with Crippen LogP contribution >= 0.6 is 24.0 Å². The van der Waals surface area contributed by atoms with Gasteiger partial charge in [-0.3, -0.25) is 0 Å². The molecular formula is C13H19Cl2NO2. The number of aliphatic hydroxyl groups excluding tert-OH is 1. The lowest BCUT2D eigenvalue weighted by atomic mass is 9.95. The molecular weight excluding hydrogens is 273 g/mol. The van der Waals surface area contributed by atoms with Gasteiger partial charge in [0.1, 0.15) is 0 Å². The van der Waals surface area contributed by atoms with E-state index in [1.807, 2.05) is 25.1 Å². The van der Waals surface area contributed by atoms with Gasteiger partial charge >= 0.3 is 0 Å². The van der Waals surface area contributed by atoms with Gasteiger partial charge < -0.3 is 15.2 Å². The Balaban J connectivity index is 0.00000162. The number of hydrogen-bond acceptors (Lipinski definition) is 3. The molecule has 5 heteroatoms. The van der Waals surface area contributed by atoms with E-state index in [9.17, 15) is 5.11 Å². The predicted octanol–water partition coefficient (Wildman–Crippen LogP) is 2.34. The van der Waals surface area contributed by atoms with Gasteiger partial charge in [0, 0.05) is 30.6 Å². The second kappa shape index (κ2) is 7.31. The van der Waals surface area contributed by atoms with E-state index in [4.69, 9.17) is 16.3 Å². The number of halogens is 2. The molecule has 2 unspecified atom stereocenters. The lowest BCUT2D eigenvalue weighted by Gasteiger charge is -2.23. The highest BCUT2D eigenvalue weighted by Crippen LogP contribution is 2.29. The van der Waals surface area contributed by atoms with Crippen molar-refractivity contribution in [2.24, 2.45) is 5.92 Å². The first-order chi connectivity index (χ1) is 8.22. The van der Waals surface area contributed by atoms with Crippen molar-refractivity contribution < 1.29 is 9.84 Å². The quantitative estimate of drug-likeness (QED) is 0.879. The van der Waals surface area contributed by atoms with Crippen LogP contribution in [0.25, 0.3) is 0 Å². The van der Waals surface area contributed by atoms with Gasteiger partial charge in [0.05, 0.1) is 12.7 Å². The number of benzene rings is 1. The van der Waals surface area contributed by atoms with E-state index in [1.54, 1.807) is 0 Å². The minimum Gasteiger partial charge on any atom is -0.396 e. The maximum atomic E-state index is 9.42. The summed E-state index contributed by atoms with van der Waals surface area (Å²) >= 11 is 6.13. The van der Waals surface area contributed by atoms with Gasteiger partial charge in [-0.25, -0.2) is 0 Å². The molecule has 1 heterocycles. The zero-order valence-corrected chi connectivity index (χ0v) is 11.9. The summed E-state index contributed by atoms with van der Waals surface area (Å²) in [5.74, 6) is 0.0799. The van der Waals surface area contributed by atoms with Crippen molar-refractivity contribution in [3.05, 3.63) is 34.3 Å². The van der Waals surface area contributed by atoms with Gasteiger partial charge in [0.15, 0.2) is 0 Å². The van der Waals surface area contributed by atoms with Crippen LogP contribution in [0.15, 0.2) is 18.2 Å². The van der Waals surface area contributed by atoms with E-state index in [2.05, 4.69) is 5.32 Å². The van der Waals surface area contributed by atoms with Crippen molar-refractivity contribution in [1.82, 2.24) is 5.32 Å². The number of aliphatic hydroxyl groups is 1. The van der Waals surface area contributed by atoms with Crippen molar-refractivity contribution in [1.29, 1.82) is 0 Å². The molecule has 1 saturated heterocycles. The van der Waals surface area contributed by atoms with Crippen LogP contribution in [0.5, 0.6) is 0 Å². The molecule has 1 aromatic carbocycles. The lowest BCUT2D eigenvalue weighted by Crippen LogP contribution is -2.27. The topological polar surface area (TPSA) is 41.5 Å². The molecule has 0 aliphatic carbocycles. The molecule has 0 saturated carbocycles. The van der Waals surface area contributed by atoms with Crippen molar-refractivity contribution >= 4 is 24.0 Å². The second-order valence-corrected chi connectivity index (χ2v) is 4.85. The average Bonchev–Trinajstić information content (AvgIpc) is 2.57. The molecule has 0 spiro atoms. The fourth-order valence-electron chi connectivity index (χ4n) is 2.10. The van der Waals surface area contributed by atoms with Crippen molar-refractivity contribution in [2.75, 3.05) is 26.3 Å². The predicted molar refractivity (Wildman–Crippen MR) is 75.6 cm³/mol. The minimum absolute atomic E-state index is 0. The van der Waals surface area contributed by atoms with Crippen LogP contribution in [0, 0.1) is 12.8 Å². The molecule has 0 radical (unpaired) electrons. The van der Waals surface area contributed by atoms with E-state index in [0.29, 0.717) is 6.61 Å². The fourth-order valence-corrected chi connectivity index (χ4v) is 2.29. The monoisotopic (exact) mass is 291 g/mol. The number of nitrogens with one attached hydrogen (secondary N) is 1. The van der Waals surface area contributed by atoms with Gasteiger partial charge in [-0.15, -0.1) is 12.4 Å². The zero-order valence-electron chi connectivity index (χ0n) is 10.4.